The second kappa shape index (κ2) is 7.67. The van der Waals surface area contributed by atoms with Crippen LogP contribution in [0.3, 0.4) is 0 Å². The van der Waals surface area contributed by atoms with Crippen molar-refractivity contribution < 1.29 is 9.90 Å². The molecule has 0 aromatic heterocycles. The Kier molecular flexibility index (Phi) is 6.52. The van der Waals surface area contributed by atoms with Gasteiger partial charge in [-0.25, -0.2) is 0 Å². The Morgan fingerprint density at radius 2 is 2.24 bits per heavy atom. The molecule has 100 valence electrons. The Labute approximate surface area is 104 Å². The van der Waals surface area contributed by atoms with Gasteiger partial charge in [-0.05, 0) is 31.2 Å². The zero-order valence-electron chi connectivity index (χ0n) is 11.0. The molecule has 0 radical (unpaired) electrons. The molecule has 1 amide bonds. The third-order valence-corrected chi connectivity index (χ3v) is 3.65. The molecule has 1 heterocycles. The molecule has 0 aromatic carbocycles. The molecular weight excluding hydrogens is 216 g/mol. The van der Waals surface area contributed by atoms with Crippen LogP contribution in [-0.2, 0) is 4.79 Å². The van der Waals surface area contributed by atoms with Crippen LogP contribution < -0.4 is 10.6 Å². The van der Waals surface area contributed by atoms with Crippen molar-refractivity contribution in [2.24, 2.45) is 17.8 Å². The minimum Gasteiger partial charge on any atom is -0.396 e. The summed E-state index contributed by atoms with van der Waals surface area (Å²) in [4.78, 5) is 12.0. The van der Waals surface area contributed by atoms with E-state index in [9.17, 15) is 4.79 Å². The van der Waals surface area contributed by atoms with Crippen molar-refractivity contribution in [3.05, 3.63) is 0 Å². The average molecular weight is 242 g/mol. The molecule has 3 atom stereocenters. The smallest absolute Gasteiger partial charge is 0.224 e. The van der Waals surface area contributed by atoms with Gasteiger partial charge in [-0.3, -0.25) is 4.79 Å². The van der Waals surface area contributed by atoms with Crippen LogP contribution in [0.15, 0.2) is 0 Å². The van der Waals surface area contributed by atoms with Crippen LogP contribution in [0.25, 0.3) is 0 Å². The first-order valence-corrected chi connectivity index (χ1v) is 6.78. The monoisotopic (exact) mass is 242 g/mol. The summed E-state index contributed by atoms with van der Waals surface area (Å²) in [5, 5.41) is 15.2. The zero-order valence-corrected chi connectivity index (χ0v) is 11.0. The van der Waals surface area contributed by atoms with Crippen LogP contribution in [0.1, 0.15) is 33.1 Å². The quantitative estimate of drug-likeness (QED) is 0.617. The van der Waals surface area contributed by atoms with Crippen molar-refractivity contribution in [2.75, 3.05) is 26.2 Å². The van der Waals surface area contributed by atoms with E-state index in [0.717, 1.165) is 32.4 Å². The number of carbonyl (C=O) groups excluding carboxylic acids is 1. The van der Waals surface area contributed by atoms with Gasteiger partial charge in [0.05, 0.1) is 5.92 Å². The van der Waals surface area contributed by atoms with Gasteiger partial charge in [0, 0.05) is 19.7 Å². The van der Waals surface area contributed by atoms with Gasteiger partial charge < -0.3 is 15.7 Å². The van der Waals surface area contributed by atoms with Crippen LogP contribution in [0.2, 0.25) is 0 Å². The number of nitrogens with one attached hydrogen (secondary N) is 2. The molecule has 1 aliphatic rings. The Morgan fingerprint density at radius 1 is 1.47 bits per heavy atom. The van der Waals surface area contributed by atoms with Crippen molar-refractivity contribution in [1.82, 2.24) is 10.6 Å². The van der Waals surface area contributed by atoms with Gasteiger partial charge >= 0.3 is 0 Å². The van der Waals surface area contributed by atoms with Crippen LogP contribution in [0, 0.1) is 17.8 Å². The number of aliphatic hydroxyl groups is 1. The Morgan fingerprint density at radius 3 is 2.76 bits per heavy atom. The van der Waals surface area contributed by atoms with Gasteiger partial charge in [0.1, 0.15) is 0 Å². The highest BCUT2D eigenvalue weighted by molar-refractivity contribution is 5.79. The average Bonchev–Trinajstić information content (AvgIpc) is 2.72. The molecule has 1 saturated heterocycles. The number of hydrogen-bond acceptors (Lipinski definition) is 3. The highest BCUT2D eigenvalue weighted by Crippen LogP contribution is 2.16. The SMILES string of the molecule is CCCC(CCO)CNC(=O)[C@@H]1CNC[C@H]1C. The molecule has 0 spiro atoms. The first-order chi connectivity index (χ1) is 8.19. The van der Waals surface area contributed by atoms with E-state index >= 15 is 0 Å². The second-order valence-electron chi connectivity index (χ2n) is 5.15. The minimum absolute atomic E-state index is 0.117. The van der Waals surface area contributed by atoms with Crippen LogP contribution in [0.4, 0.5) is 0 Å². The highest BCUT2D eigenvalue weighted by atomic mass is 16.3. The van der Waals surface area contributed by atoms with E-state index in [-0.39, 0.29) is 18.4 Å². The molecule has 0 bridgehead atoms. The van der Waals surface area contributed by atoms with Crippen molar-refractivity contribution in [2.45, 2.75) is 33.1 Å². The lowest BCUT2D eigenvalue weighted by Crippen LogP contribution is -2.37. The van der Waals surface area contributed by atoms with E-state index in [1.807, 2.05) is 0 Å². The maximum Gasteiger partial charge on any atom is 0.224 e. The second-order valence-corrected chi connectivity index (χ2v) is 5.15. The summed E-state index contributed by atoms with van der Waals surface area (Å²) in [6, 6.07) is 0. The normalized spacial score (nSPS) is 25.8. The minimum atomic E-state index is 0.117. The number of hydrogen-bond donors (Lipinski definition) is 3. The predicted octanol–water partition coefficient (Wildman–Crippen LogP) is 0.757. The first kappa shape index (κ1) is 14.5. The summed E-state index contributed by atoms with van der Waals surface area (Å²) in [7, 11) is 0. The topological polar surface area (TPSA) is 61.4 Å². The third kappa shape index (κ3) is 4.64. The maximum atomic E-state index is 12.0. The van der Waals surface area contributed by atoms with E-state index in [0.29, 0.717) is 18.4 Å². The molecule has 1 rings (SSSR count). The molecule has 1 fully saturated rings. The summed E-state index contributed by atoms with van der Waals surface area (Å²) < 4.78 is 0. The van der Waals surface area contributed by atoms with Gasteiger partial charge in [0.25, 0.3) is 0 Å². The number of carbonyl (C=O) groups is 1. The molecule has 0 aliphatic carbocycles. The van der Waals surface area contributed by atoms with Crippen molar-refractivity contribution >= 4 is 5.91 Å². The van der Waals surface area contributed by atoms with Crippen molar-refractivity contribution in [3.63, 3.8) is 0 Å². The van der Waals surface area contributed by atoms with Gasteiger partial charge in [0.2, 0.25) is 5.91 Å². The molecule has 4 heteroatoms. The van der Waals surface area contributed by atoms with Crippen LogP contribution in [-0.4, -0.2) is 37.3 Å². The molecule has 4 nitrogen and oxygen atoms in total. The lowest BCUT2D eigenvalue weighted by atomic mass is 9.96. The summed E-state index contributed by atoms with van der Waals surface area (Å²) in [5.74, 6) is 1.13. The number of amides is 1. The molecular formula is C13H26N2O2. The van der Waals surface area contributed by atoms with Crippen molar-refractivity contribution in [3.8, 4) is 0 Å². The lowest BCUT2D eigenvalue weighted by Gasteiger charge is -2.19. The Balaban J connectivity index is 2.29. The van der Waals surface area contributed by atoms with E-state index in [1.54, 1.807) is 0 Å². The number of rotatable bonds is 7. The fraction of sp³-hybridized carbons (Fsp3) is 0.923. The summed E-state index contributed by atoms with van der Waals surface area (Å²) in [6.07, 6.45) is 2.95. The van der Waals surface area contributed by atoms with Gasteiger partial charge in [-0.15, -0.1) is 0 Å². The molecule has 1 unspecified atom stereocenters. The molecule has 0 saturated carbocycles. The fourth-order valence-electron chi connectivity index (χ4n) is 2.48. The fourth-order valence-corrected chi connectivity index (χ4v) is 2.48. The van der Waals surface area contributed by atoms with Crippen LogP contribution in [0.5, 0.6) is 0 Å². The maximum absolute atomic E-state index is 12.0. The lowest BCUT2D eigenvalue weighted by molar-refractivity contribution is -0.125. The number of aliphatic hydroxyl groups excluding tert-OH is 1. The van der Waals surface area contributed by atoms with Gasteiger partial charge in [-0.1, -0.05) is 20.3 Å². The van der Waals surface area contributed by atoms with E-state index in [4.69, 9.17) is 5.11 Å². The summed E-state index contributed by atoms with van der Waals surface area (Å²) >= 11 is 0. The molecule has 3 N–H and O–H groups in total. The van der Waals surface area contributed by atoms with E-state index in [2.05, 4.69) is 24.5 Å². The Bertz CT molecular complexity index is 227. The zero-order chi connectivity index (χ0) is 12.7. The van der Waals surface area contributed by atoms with Gasteiger partial charge in [-0.2, -0.15) is 0 Å². The Hall–Kier alpha value is -0.610. The largest absolute Gasteiger partial charge is 0.396 e. The standard InChI is InChI=1S/C13H26N2O2/c1-3-4-11(5-6-16)8-15-13(17)12-9-14-7-10(12)2/h10-12,14,16H,3-9H2,1-2H3,(H,15,17)/t10-,11?,12-/m1/s1. The van der Waals surface area contributed by atoms with E-state index < -0.39 is 0 Å². The highest BCUT2D eigenvalue weighted by Gasteiger charge is 2.29. The van der Waals surface area contributed by atoms with Crippen molar-refractivity contribution in [1.29, 1.82) is 0 Å². The molecule has 0 aromatic rings. The van der Waals surface area contributed by atoms with Gasteiger partial charge in [0.15, 0.2) is 0 Å². The summed E-state index contributed by atoms with van der Waals surface area (Å²) in [6.45, 7) is 6.90. The first-order valence-electron chi connectivity index (χ1n) is 6.78. The molecule has 17 heavy (non-hydrogen) atoms. The van der Waals surface area contributed by atoms with Crippen LogP contribution >= 0.6 is 0 Å². The third-order valence-electron chi connectivity index (χ3n) is 3.65. The molecule has 1 aliphatic heterocycles. The van der Waals surface area contributed by atoms with E-state index in [1.165, 1.54) is 0 Å². The summed E-state index contributed by atoms with van der Waals surface area (Å²) in [5.41, 5.74) is 0. The predicted molar refractivity (Wildman–Crippen MR) is 68.6 cm³/mol.